The summed E-state index contributed by atoms with van der Waals surface area (Å²) in [6, 6.07) is 11.3. The fourth-order valence-corrected chi connectivity index (χ4v) is 4.95. The molecule has 0 amide bonds. The normalized spacial score (nSPS) is 17.4. The molecule has 1 atom stereocenters. The summed E-state index contributed by atoms with van der Waals surface area (Å²) in [7, 11) is 1.63. The van der Waals surface area contributed by atoms with Crippen LogP contribution in [0.2, 0.25) is 0 Å². The van der Waals surface area contributed by atoms with Crippen LogP contribution < -0.4 is 4.74 Å². The van der Waals surface area contributed by atoms with Crippen molar-refractivity contribution in [2.24, 2.45) is 0 Å². The number of β-amino-alcohol motifs (C(OH)–C–C–N with tert-alkyl or cyclic N) is 1. The van der Waals surface area contributed by atoms with Crippen molar-refractivity contribution in [3.8, 4) is 16.9 Å². The maximum atomic E-state index is 15.0. The van der Waals surface area contributed by atoms with Crippen molar-refractivity contribution in [3.63, 3.8) is 0 Å². The van der Waals surface area contributed by atoms with Gasteiger partial charge in [-0.05, 0) is 41.6 Å². The average molecular weight is 408 g/mol. The zero-order valence-electron chi connectivity index (χ0n) is 16.1. The van der Waals surface area contributed by atoms with E-state index in [1.165, 1.54) is 0 Å². The highest BCUT2D eigenvalue weighted by atomic mass is 32.1. The van der Waals surface area contributed by atoms with E-state index in [1.54, 1.807) is 24.5 Å². The van der Waals surface area contributed by atoms with E-state index in [0.29, 0.717) is 24.4 Å². The second kappa shape index (κ2) is 7.37. The molecule has 1 aliphatic rings. The van der Waals surface area contributed by atoms with Crippen LogP contribution in [0.3, 0.4) is 0 Å². The smallest absolute Gasteiger partial charge is 0.128 e. The first-order chi connectivity index (χ1) is 14.1. The second-order valence-electron chi connectivity index (χ2n) is 7.48. The molecule has 4 nitrogen and oxygen atoms in total. The Hall–Kier alpha value is -2.54. The standard InChI is InChI=1S/C23H21FN2O2S/c1-28-20-5-4-19-23(17-7-9-29-21(17)11-25-19)22(20)14-2-3-15(18(24)10-14)12-26-8-6-16(27)13-26/h2-5,7,9-11,16,27H,6,8,12-13H2,1H3. The molecular formula is C23H21FN2O2S. The van der Waals surface area contributed by atoms with Crippen LogP contribution in [0.5, 0.6) is 5.75 Å². The fraction of sp³-hybridized carbons (Fsp3) is 0.261. The molecule has 1 N–H and O–H groups in total. The molecule has 2 aromatic heterocycles. The van der Waals surface area contributed by atoms with Gasteiger partial charge in [0.25, 0.3) is 0 Å². The number of aromatic nitrogens is 1. The summed E-state index contributed by atoms with van der Waals surface area (Å²) in [5.74, 6) is 0.459. The highest BCUT2D eigenvalue weighted by Crippen LogP contribution is 2.41. The summed E-state index contributed by atoms with van der Waals surface area (Å²) in [5, 5.41) is 13.8. The largest absolute Gasteiger partial charge is 0.496 e. The third kappa shape index (κ3) is 3.27. The van der Waals surface area contributed by atoms with Crippen LogP contribution in [-0.4, -0.2) is 41.3 Å². The predicted molar refractivity (Wildman–Crippen MR) is 115 cm³/mol. The molecule has 4 aromatic rings. The average Bonchev–Trinajstić information content (AvgIpc) is 3.37. The number of aliphatic hydroxyl groups is 1. The molecule has 148 valence electrons. The number of nitrogens with zero attached hydrogens (tertiary/aromatic N) is 2. The maximum absolute atomic E-state index is 15.0. The number of benzene rings is 2. The number of halogens is 1. The SMILES string of the molecule is COc1ccc2ncc3sccc3c2c1-c1ccc(CN2CCC(O)C2)c(F)c1. The first kappa shape index (κ1) is 18.5. The number of pyridine rings is 1. The van der Waals surface area contributed by atoms with Crippen molar-refractivity contribution in [2.45, 2.75) is 19.1 Å². The molecule has 0 spiro atoms. The predicted octanol–water partition coefficient (Wildman–Crippen LogP) is 4.83. The van der Waals surface area contributed by atoms with Gasteiger partial charge >= 0.3 is 0 Å². The molecule has 3 heterocycles. The van der Waals surface area contributed by atoms with Crippen molar-refractivity contribution in [1.29, 1.82) is 0 Å². The Labute approximate surface area is 172 Å². The Morgan fingerprint density at radius 1 is 1.28 bits per heavy atom. The molecule has 0 saturated carbocycles. The van der Waals surface area contributed by atoms with Gasteiger partial charge in [-0.15, -0.1) is 11.3 Å². The molecule has 6 heteroatoms. The Balaban J connectivity index is 1.63. The molecule has 1 saturated heterocycles. The van der Waals surface area contributed by atoms with E-state index >= 15 is 4.39 Å². The lowest BCUT2D eigenvalue weighted by molar-refractivity contribution is 0.174. The van der Waals surface area contributed by atoms with Crippen molar-refractivity contribution in [1.82, 2.24) is 9.88 Å². The lowest BCUT2D eigenvalue weighted by Crippen LogP contribution is -2.22. The molecule has 0 radical (unpaired) electrons. The van der Waals surface area contributed by atoms with Gasteiger partial charge in [-0.3, -0.25) is 9.88 Å². The first-order valence-corrected chi connectivity index (χ1v) is 10.5. The summed E-state index contributed by atoms with van der Waals surface area (Å²) >= 11 is 1.64. The Morgan fingerprint density at radius 3 is 2.93 bits per heavy atom. The quantitative estimate of drug-likeness (QED) is 0.525. The van der Waals surface area contributed by atoms with Gasteiger partial charge in [-0.1, -0.05) is 12.1 Å². The van der Waals surface area contributed by atoms with Crippen LogP contribution >= 0.6 is 11.3 Å². The van der Waals surface area contributed by atoms with Crippen molar-refractivity contribution < 1.29 is 14.2 Å². The number of hydrogen-bond donors (Lipinski definition) is 1. The number of rotatable bonds is 4. The van der Waals surface area contributed by atoms with Gasteiger partial charge in [0.15, 0.2) is 0 Å². The van der Waals surface area contributed by atoms with Crippen molar-refractivity contribution in [3.05, 3.63) is 59.4 Å². The molecule has 5 rings (SSSR count). The van der Waals surface area contributed by atoms with Gasteiger partial charge in [0, 0.05) is 47.7 Å². The lowest BCUT2D eigenvalue weighted by atomic mass is 9.96. The third-order valence-electron chi connectivity index (χ3n) is 5.63. The van der Waals surface area contributed by atoms with Gasteiger partial charge in [-0.25, -0.2) is 4.39 Å². The molecule has 1 unspecified atom stereocenters. The van der Waals surface area contributed by atoms with Crippen LogP contribution in [0.15, 0.2) is 48.0 Å². The minimum absolute atomic E-state index is 0.242. The number of ether oxygens (including phenoxy) is 1. The molecule has 29 heavy (non-hydrogen) atoms. The lowest BCUT2D eigenvalue weighted by Gasteiger charge is -2.17. The van der Waals surface area contributed by atoms with E-state index in [2.05, 4.69) is 16.0 Å². The van der Waals surface area contributed by atoms with Crippen LogP contribution in [0.4, 0.5) is 4.39 Å². The molecular weight excluding hydrogens is 387 g/mol. The minimum atomic E-state index is -0.308. The van der Waals surface area contributed by atoms with Crippen molar-refractivity contribution in [2.75, 3.05) is 20.2 Å². The van der Waals surface area contributed by atoms with Gasteiger partial charge in [-0.2, -0.15) is 0 Å². The van der Waals surface area contributed by atoms with E-state index in [1.807, 2.05) is 35.8 Å². The Morgan fingerprint density at radius 2 is 2.17 bits per heavy atom. The highest BCUT2D eigenvalue weighted by Gasteiger charge is 2.22. The van der Waals surface area contributed by atoms with Crippen molar-refractivity contribution >= 4 is 32.3 Å². The number of fused-ring (bicyclic) bond motifs is 3. The van der Waals surface area contributed by atoms with E-state index in [4.69, 9.17) is 4.74 Å². The minimum Gasteiger partial charge on any atom is -0.496 e. The number of hydrogen-bond acceptors (Lipinski definition) is 5. The molecule has 2 aromatic carbocycles. The molecule has 0 aliphatic carbocycles. The fourth-order valence-electron chi connectivity index (χ4n) is 4.19. The summed E-state index contributed by atoms with van der Waals surface area (Å²) in [6.07, 6.45) is 2.32. The summed E-state index contributed by atoms with van der Waals surface area (Å²) in [6.45, 7) is 1.90. The molecule has 1 aliphatic heterocycles. The van der Waals surface area contributed by atoms with Gasteiger partial charge in [0.05, 0.1) is 23.4 Å². The first-order valence-electron chi connectivity index (χ1n) is 9.66. The van der Waals surface area contributed by atoms with Crippen LogP contribution in [0, 0.1) is 5.82 Å². The summed E-state index contributed by atoms with van der Waals surface area (Å²) < 4.78 is 21.8. The molecule has 1 fully saturated rings. The Bertz CT molecular complexity index is 1210. The third-order valence-corrected chi connectivity index (χ3v) is 6.49. The highest BCUT2D eigenvalue weighted by molar-refractivity contribution is 7.17. The maximum Gasteiger partial charge on any atom is 0.128 e. The zero-order chi connectivity index (χ0) is 20.0. The van der Waals surface area contributed by atoms with E-state index < -0.39 is 0 Å². The number of aliphatic hydroxyl groups excluding tert-OH is 1. The van der Waals surface area contributed by atoms with Gasteiger partial charge in [0.1, 0.15) is 11.6 Å². The van der Waals surface area contributed by atoms with Crippen LogP contribution in [0.25, 0.3) is 32.1 Å². The van der Waals surface area contributed by atoms with Gasteiger partial charge < -0.3 is 9.84 Å². The van der Waals surface area contributed by atoms with Crippen LogP contribution in [0.1, 0.15) is 12.0 Å². The number of likely N-dealkylation sites (tertiary alicyclic amines) is 1. The Kier molecular flexibility index (Phi) is 4.70. The summed E-state index contributed by atoms with van der Waals surface area (Å²) in [4.78, 5) is 6.67. The second-order valence-corrected chi connectivity index (χ2v) is 8.43. The number of thiophene rings is 1. The summed E-state index contributed by atoms with van der Waals surface area (Å²) in [5.41, 5.74) is 3.14. The topological polar surface area (TPSA) is 45.6 Å². The van der Waals surface area contributed by atoms with Crippen LogP contribution in [-0.2, 0) is 6.54 Å². The molecule has 0 bridgehead atoms. The van der Waals surface area contributed by atoms with E-state index in [-0.39, 0.29) is 11.9 Å². The monoisotopic (exact) mass is 408 g/mol. The zero-order valence-corrected chi connectivity index (χ0v) is 16.9. The van der Waals surface area contributed by atoms with E-state index in [0.717, 1.165) is 45.1 Å². The van der Waals surface area contributed by atoms with Gasteiger partial charge in [0.2, 0.25) is 0 Å². The van der Waals surface area contributed by atoms with E-state index in [9.17, 15) is 5.11 Å². The number of methoxy groups -OCH3 is 1.